The lowest BCUT2D eigenvalue weighted by molar-refractivity contribution is 0.0963. The Morgan fingerprint density at radius 3 is 2.33 bits per heavy atom. The zero-order chi connectivity index (χ0) is 15.6. The fourth-order valence-corrected chi connectivity index (χ4v) is 2.25. The summed E-state index contributed by atoms with van der Waals surface area (Å²) in [5, 5.41) is 2.56. The van der Waals surface area contributed by atoms with Crippen molar-refractivity contribution in [2.45, 2.75) is 13.8 Å². The van der Waals surface area contributed by atoms with E-state index in [9.17, 15) is 4.79 Å². The molecule has 0 spiro atoms. The fourth-order valence-electron chi connectivity index (χ4n) is 2.02. The van der Waals surface area contributed by atoms with E-state index in [1.165, 1.54) is 0 Å². The number of carbonyl (C=O) groups excluding carboxylic acids is 1. The lowest BCUT2D eigenvalue weighted by Crippen LogP contribution is -2.17. The molecule has 0 atom stereocenters. The smallest absolute Gasteiger partial charge is 0.251 e. The quantitative estimate of drug-likeness (QED) is 0.829. The first kappa shape index (κ1) is 15.4. The molecule has 5 heteroatoms. The number of ether oxygens (including phenoxy) is 1. The molecule has 0 unspecified atom stereocenters. The molecule has 4 nitrogen and oxygen atoms in total. The second kappa shape index (κ2) is 6.18. The summed E-state index contributed by atoms with van der Waals surface area (Å²) in [7, 11) is 1.58. The number of nitrogens with two attached hydrogens (primary N) is 1. The van der Waals surface area contributed by atoms with Crippen LogP contribution in [0.4, 0.5) is 5.69 Å². The highest BCUT2D eigenvalue weighted by Crippen LogP contribution is 2.32. The van der Waals surface area contributed by atoms with Gasteiger partial charge >= 0.3 is 0 Å². The van der Waals surface area contributed by atoms with E-state index in [0.717, 1.165) is 15.6 Å². The predicted octanol–water partition coefficient (Wildman–Crippen LogP) is 3.80. The highest BCUT2D eigenvalue weighted by Gasteiger charge is 2.09. The van der Waals surface area contributed by atoms with Crippen molar-refractivity contribution in [3.05, 3.63) is 51.5 Å². The van der Waals surface area contributed by atoms with Crippen molar-refractivity contribution < 1.29 is 9.53 Å². The van der Waals surface area contributed by atoms with Crippen molar-refractivity contribution in [1.82, 2.24) is 5.32 Å². The molecule has 0 fully saturated rings. The number of amides is 1. The molecule has 3 N–H and O–H groups in total. The molecular formula is C16H17BrN2O2. The summed E-state index contributed by atoms with van der Waals surface area (Å²) in [6.07, 6.45) is 0. The lowest BCUT2D eigenvalue weighted by Gasteiger charge is -2.12. The van der Waals surface area contributed by atoms with Crippen molar-refractivity contribution in [3.8, 4) is 11.5 Å². The van der Waals surface area contributed by atoms with Crippen molar-refractivity contribution in [2.75, 3.05) is 12.8 Å². The maximum absolute atomic E-state index is 11.5. The summed E-state index contributed by atoms with van der Waals surface area (Å²) in [5.41, 5.74) is 9.06. The Morgan fingerprint density at radius 2 is 1.81 bits per heavy atom. The Bertz CT molecular complexity index is 676. The van der Waals surface area contributed by atoms with Crippen LogP contribution in [0.5, 0.6) is 11.5 Å². The highest BCUT2D eigenvalue weighted by atomic mass is 79.9. The number of rotatable bonds is 3. The Balaban J connectivity index is 2.30. The van der Waals surface area contributed by atoms with Gasteiger partial charge in [0.1, 0.15) is 11.5 Å². The van der Waals surface area contributed by atoms with E-state index < -0.39 is 0 Å². The minimum atomic E-state index is -0.177. The van der Waals surface area contributed by atoms with Crippen molar-refractivity contribution >= 4 is 27.5 Å². The van der Waals surface area contributed by atoms with Gasteiger partial charge in [0.15, 0.2) is 0 Å². The van der Waals surface area contributed by atoms with Crippen LogP contribution in [0.3, 0.4) is 0 Å². The molecule has 0 bridgehead atoms. The van der Waals surface area contributed by atoms with Gasteiger partial charge in [0.2, 0.25) is 0 Å². The average Bonchev–Trinajstić information content (AvgIpc) is 2.46. The zero-order valence-corrected chi connectivity index (χ0v) is 13.7. The van der Waals surface area contributed by atoms with Crippen LogP contribution in [0.15, 0.2) is 34.8 Å². The van der Waals surface area contributed by atoms with Crippen LogP contribution in [-0.2, 0) is 0 Å². The van der Waals surface area contributed by atoms with E-state index >= 15 is 0 Å². The summed E-state index contributed by atoms with van der Waals surface area (Å²) in [6.45, 7) is 4.00. The number of halogens is 1. The number of nitrogens with one attached hydrogen (secondary N) is 1. The molecule has 0 aliphatic rings. The Kier molecular flexibility index (Phi) is 4.53. The topological polar surface area (TPSA) is 64.3 Å². The van der Waals surface area contributed by atoms with Gasteiger partial charge in [-0.3, -0.25) is 4.79 Å². The highest BCUT2D eigenvalue weighted by molar-refractivity contribution is 9.10. The van der Waals surface area contributed by atoms with E-state index in [4.69, 9.17) is 10.5 Å². The third kappa shape index (κ3) is 3.36. The first-order chi connectivity index (χ1) is 9.92. The Morgan fingerprint density at radius 1 is 1.19 bits per heavy atom. The van der Waals surface area contributed by atoms with Crippen LogP contribution in [0, 0.1) is 13.8 Å². The van der Waals surface area contributed by atoms with E-state index in [2.05, 4.69) is 21.2 Å². The van der Waals surface area contributed by atoms with Gasteiger partial charge in [-0.25, -0.2) is 0 Å². The van der Waals surface area contributed by atoms with Crippen molar-refractivity contribution in [3.63, 3.8) is 0 Å². The SMILES string of the molecule is CNC(=O)c1ccc(Oc2cc(C)c(Br)c(C)c2)c(N)c1. The molecular weight excluding hydrogens is 332 g/mol. The van der Waals surface area contributed by atoms with Gasteiger partial charge < -0.3 is 15.8 Å². The van der Waals surface area contributed by atoms with E-state index in [-0.39, 0.29) is 5.91 Å². The molecule has 110 valence electrons. The standard InChI is InChI=1S/C16H17BrN2O2/c1-9-6-12(7-10(2)15(9)17)21-14-5-4-11(8-13(14)18)16(20)19-3/h4-8H,18H2,1-3H3,(H,19,20). The third-order valence-corrected chi connectivity index (χ3v) is 4.39. The predicted molar refractivity (Wildman–Crippen MR) is 87.9 cm³/mol. The van der Waals surface area contributed by atoms with E-state index in [0.29, 0.717) is 22.7 Å². The number of carbonyl (C=O) groups is 1. The van der Waals surface area contributed by atoms with Gasteiger partial charge in [0, 0.05) is 17.1 Å². The second-order valence-corrected chi connectivity index (χ2v) is 5.60. The van der Waals surface area contributed by atoms with Crippen LogP contribution in [0.2, 0.25) is 0 Å². The molecule has 21 heavy (non-hydrogen) atoms. The lowest BCUT2D eigenvalue weighted by atomic mass is 10.1. The molecule has 0 heterocycles. The van der Waals surface area contributed by atoms with Crippen LogP contribution < -0.4 is 15.8 Å². The monoisotopic (exact) mass is 348 g/mol. The maximum Gasteiger partial charge on any atom is 0.251 e. The van der Waals surface area contributed by atoms with Crippen LogP contribution in [0.1, 0.15) is 21.5 Å². The van der Waals surface area contributed by atoms with Gasteiger partial charge in [-0.2, -0.15) is 0 Å². The van der Waals surface area contributed by atoms with Gasteiger partial charge in [-0.1, -0.05) is 15.9 Å². The van der Waals surface area contributed by atoms with Crippen molar-refractivity contribution in [2.24, 2.45) is 0 Å². The van der Waals surface area contributed by atoms with Crippen LogP contribution in [-0.4, -0.2) is 13.0 Å². The van der Waals surface area contributed by atoms with Crippen molar-refractivity contribution in [1.29, 1.82) is 0 Å². The van der Waals surface area contributed by atoms with Gasteiger partial charge in [-0.15, -0.1) is 0 Å². The second-order valence-electron chi connectivity index (χ2n) is 4.80. The number of aryl methyl sites for hydroxylation is 2. The number of hydrogen-bond acceptors (Lipinski definition) is 3. The first-order valence-electron chi connectivity index (χ1n) is 6.48. The minimum absolute atomic E-state index is 0.177. The Hall–Kier alpha value is -2.01. The number of nitrogen functional groups attached to an aromatic ring is 1. The maximum atomic E-state index is 11.5. The van der Waals surface area contributed by atoms with Gasteiger partial charge in [-0.05, 0) is 55.3 Å². The first-order valence-corrected chi connectivity index (χ1v) is 7.28. The van der Waals surface area contributed by atoms with Crippen LogP contribution in [0.25, 0.3) is 0 Å². The molecule has 1 amide bonds. The van der Waals surface area contributed by atoms with Crippen LogP contribution >= 0.6 is 15.9 Å². The summed E-state index contributed by atoms with van der Waals surface area (Å²) >= 11 is 3.52. The normalized spacial score (nSPS) is 10.3. The minimum Gasteiger partial charge on any atom is -0.455 e. The summed E-state index contributed by atoms with van der Waals surface area (Å²) in [6, 6.07) is 8.86. The number of anilines is 1. The zero-order valence-electron chi connectivity index (χ0n) is 12.2. The molecule has 2 aromatic rings. The van der Waals surface area contributed by atoms with Gasteiger partial charge in [0.05, 0.1) is 5.69 Å². The van der Waals surface area contributed by atoms with E-state index in [1.807, 2.05) is 26.0 Å². The average molecular weight is 349 g/mol. The fraction of sp³-hybridized carbons (Fsp3) is 0.188. The Labute approximate surface area is 132 Å². The molecule has 0 saturated carbocycles. The molecule has 0 aromatic heterocycles. The molecule has 0 aliphatic carbocycles. The molecule has 0 saturated heterocycles. The largest absolute Gasteiger partial charge is 0.455 e. The molecule has 0 radical (unpaired) electrons. The van der Waals surface area contributed by atoms with E-state index in [1.54, 1.807) is 25.2 Å². The summed E-state index contributed by atoms with van der Waals surface area (Å²) < 4.78 is 6.88. The summed E-state index contributed by atoms with van der Waals surface area (Å²) in [5.74, 6) is 1.07. The third-order valence-electron chi connectivity index (χ3n) is 3.14. The molecule has 0 aliphatic heterocycles. The molecule has 2 rings (SSSR count). The molecule has 2 aromatic carbocycles. The number of benzene rings is 2. The number of hydrogen-bond donors (Lipinski definition) is 2. The summed E-state index contributed by atoms with van der Waals surface area (Å²) in [4.78, 5) is 11.5. The van der Waals surface area contributed by atoms with Gasteiger partial charge in [0.25, 0.3) is 5.91 Å².